The van der Waals surface area contributed by atoms with Crippen molar-refractivity contribution < 1.29 is 4.74 Å². The molecule has 1 aromatic heterocycles. The predicted molar refractivity (Wildman–Crippen MR) is 112 cm³/mol. The number of rotatable bonds is 4. The number of nitrogens with zero attached hydrogens (tertiary/aromatic N) is 1. The Morgan fingerprint density at radius 2 is 1.58 bits per heavy atom. The Balaban J connectivity index is 0.000000501. The Hall–Kier alpha value is -1.42. The first kappa shape index (κ1) is 22.6. The molecular weight excluding hydrogens is 344 g/mol. The maximum atomic E-state index is 4.83. The zero-order valence-electron chi connectivity index (χ0n) is 16.7. The van der Waals surface area contributed by atoms with Crippen LogP contribution in [-0.2, 0) is 4.74 Å². The zero-order valence-corrected chi connectivity index (χ0v) is 17.5. The molecule has 2 aromatic rings. The molecule has 2 heterocycles. The topological polar surface area (TPSA) is 34.1 Å². The van der Waals surface area contributed by atoms with Gasteiger partial charge >= 0.3 is 0 Å². The van der Waals surface area contributed by atoms with Crippen LogP contribution in [0.15, 0.2) is 48.8 Å². The Kier molecular flexibility index (Phi) is 9.28. The minimum Gasteiger partial charge on any atom is -0.382 e. The number of nitrogens with one attached hydrogen (secondary N) is 1. The number of halogens is 1. The maximum Gasteiger partial charge on any atom is 0.0437 e. The lowest BCUT2D eigenvalue weighted by atomic mass is 9.83. The van der Waals surface area contributed by atoms with Crippen LogP contribution >= 0.6 is 12.4 Å². The summed E-state index contributed by atoms with van der Waals surface area (Å²) in [6.45, 7) is 12.4. The monoisotopic (exact) mass is 376 g/mol. The van der Waals surface area contributed by atoms with Crippen LogP contribution in [0.1, 0.15) is 62.8 Å². The molecule has 0 saturated carbocycles. The van der Waals surface area contributed by atoms with Gasteiger partial charge < -0.3 is 10.1 Å². The highest BCUT2D eigenvalue weighted by atomic mass is 35.5. The summed E-state index contributed by atoms with van der Waals surface area (Å²) in [5.41, 5.74) is 4.20. The average Bonchev–Trinajstić information content (AvgIpc) is 2.93. The highest BCUT2D eigenvalue weighted by Gasteiger charge is 2.40. The van der Waals surface area contributed by atoms with Crippen molar-refractivity contribution in [3.8, 4) is 0 Å². The van der Waals surface area contributed by atoms with Crippen LogP contribution in [0.4, 0.5) is 0 Å². The third kappa shape index (κ3) is 6.08. The van der Waals surface area contributed by atoms with Crippen LogP contribution in [-0.4, -0.2) is 23.7 Å². The minimum atomic E-state index is 0. The Labute approximate surface area is 165 Å². The summed E-state index contributed by atoms with van der Waals surface area (Å²) >= 11 is 0. The highest BCUT2D eigenvalue weighted by molar-refractivity contribution is 5.85. The van der Waals surface area contributed by atoms with Gasteiger partial charge in [-0.05, 0) is 64.3 Å². The second-order valence-electron chi connectivity index (χ2n) is 7.18. The van der Waals surface area contributed by atoms with E-state index in [1.165, 1.54) is 16.7 Å². The van der Waals surface area contributed by atoms with E-state index in [0.717, 1.165) is 19.6 Å². The molecule has 144 valence electrons. The molecule has 1 aliphatic heterocycles. The highest BCUT2D eigenvalue weighted by Crippen LogP contribution is 2.43. The average molecular weight is 377 g/mol. The van der Waals surface area contributed by atoms with Gasteiger partial charge in [-0.1, -0.05) is 29.8 Å². The lowest BCUT2D eigenvalue weighted by molar-refractivity contribution is 0.162. The van der Waals surface area contributed by atoms with Crippen LogP contribution < -0.4 is 5.32 Å². The fourth-order valence-corrected chi connectivity index (χ4v) is 3.51. The van der Waals surface area contributed by atoms with Gasteiger partial charge in [0.15, 0.2) is 0 Å². The Bertz CT molecular complexity index is 626. The van der Waals surface area contributed by atoms with E-state index in [9.17, 15) is 0 Å². The van der Waals surface area contributed by atoms with Crippen LogP contribution in [0.5, 0.6) is 0 Å². The lowest BCUT2D eigenvalue weighted by Crippen LogP contribution is -2.37. The van der Waals surface area contributed by atoms with Gasteiger partial charge in [-0.2, -0.15) is 0 Å². The number of hydrogen-bond donors (Lipinski definition) is 1. The molecule has 0 radical (unpaired) electrons. The van der Waals surface area contributed by atoms with Gasteiger partial charge in [0.05, 0.1) is 0 Å². The van der Waals surface area contributed by atoms with Crippen LogP contribution in [0.2, 0.25) is 0 Å². The van der Waals surface area contributed by atoms with E-state index in [1.807, 2.05) is 26.2 Å². The molecule has 0 bridgehead atoms. The molecule has 0 amide bonds. The predicted octanol–water partition coefficient (Wildman–Crippen LogP) is 5.45. The smallest absolute Gasteiger partial charge is 0.0437 e. The number of aryl methyl sites for hydroxylation is 1. The summed E-state index contributed by atoms with van der Waals surface area (Å²) in [5.74, 6) is 0.525. The molecule has 1 aliphatic rings. The van der Waals surface area contributed by atoms with E-state index < -0.39 is 0 Å². The molecule has 0 spiro atoms. The quantitative estimate of drug-likeness (QED) is 0.770. The summed E-state index contributed by atoms with van der Waals surface area (Å²) < 4.78 is 4.83. The van der Waals surface area contributed by atoms with Crippen molar-refractivity contribution in [1.29, 1.82) is 0 Å². The molecule has 26 heavy (non-hydrogen) atoms. The van der Waals surface area contributed by atoms with Crippen molar-refractivity contribution in [2.75, 3.05) is 13.2 Å². The fraction of sp³-hybridized carbons (Fsp3) is 0.500. The van der Waals surface area contributed by atoms with Gasteiger partial charge in [-0.3, -0.25) is 4.98 Å². The normalized spacial score (nSPS) is 20.7. The Morgan fingerprint density at radius 1 is 1.00 bits per heavy atom. The van der Waals surface area contributed by atoms with Crippen molar-refractivity contribution in [3.63, 3.8) is 0 Å². The van der Waals surface area contributed by atoms with Crippen molar-refractivity contribution >= 4 is 12.4 Å². The molecule has 1 saturated heterocycles. The molecule has 0 aliphatic carbocycles. The standard InChI is InChI=1S/C18H22N2.C4H10O.ClH/c1-13-4-6-15(7-5-13)17-12-16(18(2,3)20-17)14-8-10-19-11-9-14;1-3-5-4-2;/h4-11,16-17,20H,12H2,1-3H3;3-4H2,1-2H3;1H/t16-,17+;;/m0../s1. The van der Waals surface area contributed by atoms with Crippen LogP contribution in [0.3, 0.4) is 0 Å². The van der Waals surface area contributed by atoms with Gasteiger partial charge in [0.1, 0.15) is 0 Å². The zero-order chi connectivity index (χ0) is 18.3. The summed E-state index contributed by atoms with van der Waals surface area (Å²) in [7, 11) is 0. The lowest BCUT2D eigenvalue weighted by Gasteiger charge is -2.27. The van der Waals surface area contributed by atoms with Crippen molar-refractivity contribution in [1.82, 2.24) is 10.3 Å². The first-order valence-electron chi connectivity index (χ1n) is 9.29. The molecule has 0 unspecified atom stereocenters. The molecule has 3 nitrogen and oxygen atoms in total. The SMILES string of the molecule is CCOCC.Cc1ccc([C@H]2C[C@@H](c3ccncc3)C(C)(C)N2)cc1.Cl. The number of ether oxygens (including phenoxy) is 1. The van der Waals surface area contributed by atoms with Crippen molar-refractivity contribution in [3.05, 3.63) is 65.5 Å². The Morgan fingerprint density at radius 3 is 2.08 bits per heavy atom. The van der Waals surface area contributed by atoms with Crippen molar-refractivity contribution in [2.24, 2.45) is 0 Å². The first-order chi connectivity index (χ1) is 12.0. The molecule has 4 heteroatoms. The van der Waals surface area contributed by atoms with Gasteiger partial charge in [0.2, 0.25) is 0 Å². The van der Waals surface area contributed by atoms with Gasteiger partial charge in [-0.15, -0.1) is 12.4 Å². The number of pyridine rings is 1. The first-order valence-corrected chi connectivity index (χ1v) is 9.29. The number of aromatic nitrogens is 1. The van der Waals surface area contributed by atoms with E-state index in [0.29, 0.717) is 12.0 Å². The van der Waals surface area contributed by atoms with Crippen LogP contribution in [0, 0.1) is 6.92 Å². The molecule has 2 atom stereocenters. The third-order valence-corrected chi connectivity index (χ3v) is 4.89. The van der Waals surface area contributed by atoms with E-state index in [4.69, 9.17) is 4.74 Å². The maximum absolute atomic E-state index is 4.83. The summed E-state index contributed by atoms with van der Waals surface area (Å²) in [6, 6.07) is 13.6. The molecule has 1 N–H and O–H groups in total. The summed E-state index contributed by atoms with van der Waals surface area (Å²) in [5, 5.41) is 3.79. The van der Waals surface area contributed by atoms with Crippen LogP contribution in [0.25, 0.3) is 0 Å². The van der Waals surface area contributed by atoms with E-state index in [1.54, 1.807) is 0 Å². The largest absolute Gasteiger partial charge is 0.382 e. The van der Waals surface area contributed by atoms with E-state index in [-0.39, 0.29) is 17.9 Å². The molecule has 1 fully saturated rings. The third-order valence-electron chi connectivity index (χ3n) is 4.89. The number of hydrogen-bond acceptors (Lipinski definition) is 3. The number of benzene rings is 1. The summed E-state index contributed by atoms with van der Waals surface area (Å²) in [4.78, 5) is 4.13. The van der Waals surface area contributed by atoms with E-state index >= 15 is 0 Å². The summed E-state index contributed by atoms with van der Waals surface area (Å²) in [6.07, 6.45) is 4.93. The molecule has 3 rings (SSSR count). The minimum absolute atomic E-state index is 0. The van der Waals surface area contributed by atoms with Crippen molar-refractivity contribution in [2.45, 2.75) is 58.5 Å². The van der Waals surface area contributed by atoms with Gasteiger partial charge in [0, 0.05) is 43.1 Å². The fourth-order valence-electron chi connectivity index (χ4n) is 3.51. The van der Waals surface area contributed by atoms with E-state index in [2.05, 4.69) is 67.5 Å². The second kappa shape index (κ2) is 10.7. The van der Waals surface area contributed by atoms with Gasteiger partial charge in [0.25, 0.3) is 0 Å². The van der Waals surface area contributed by atoms with Gasteiger partial charge in [-0.25, -0.2) is 0 Å². The second-order valence-corrected chi connectivity index (χ2v) is 7.18. The molecule has 1 aromatic carbocycles. The molecular formula is C22H33ClN2O.